The minimum Gasteiger partial charge on any atom is -0.490 e. The molecule has 1 aromatic carbocycles. The number of rotatable bonds is 3. The fraction of sp³-hybridized carbons (Fsp3) is 0.316. The van der Waals surface area contributed by atoms with Crippen molar-refractivity contribution in [1.82, 2.24) is 9.55 Å². The topological polar surface area (TPSA) is 82.3 Å². The van der Waals surface area contributed by atoms with Crippen LogP contribution in [0.4, 0.5) is 5.69 Å². The number of hydrogen-bond acceptors (Lipinski definition) is 4. The lowest BCUT2D eigenvalue weighted by Crippen LogP contribution is -2.26. The summed E-state index contributed by atoms with van der Waals surface area (Å²) in [5, 5.41) is 0.866. The number of aromatic nitrogens is 2. The quantitative estimate of drug-likeness (QED) is 0.719. The van der Waals surface area contributed by atoms with Gasteiger partial charge < -0.3 is 24.8 Å². The van der Waals surface area contributed by atoms with Gasteiger partial charge in [0.2, 0.25) is 0 Å². The first-order valence-corrected chi connectivity index (χ1v) is 8.44. The molecule has 0 atom stereocenters. The van der Waals surface area contributed by atoms with Crippen molar-refractivity contribution in [2.45, 2.75) is 18.9 Å². The van der Waals surface area contributed by atoms with Crippen LogP contribution in [0, 0.1) is 0 Å². The molecule has 0 radical (unpaired) electrons. The zero-order chi connectivity index (χ0) is 17.4. The third-order valence-corrected chi connectivity index (χ3v) is 4.65. The number of H-pyrrole nitrogens is 1. The maximum absolute atomic E-state index is 12.3. The van der Waals surface area contributed by atoms with Gasteiger partial charge in [-0.25, -0.2) is 0 Å². The second-order valence-corrected chi connectivity index (χ2v) is 6.41. The van der Waals surface area contributed by atoms with Crippen molar-refractivity contribution in [2.24, 2.45) is 7.05 Å². The molecule has 1 saturated heterocycles. The molecular formula is C19H21N3O3. The zero-order valence-electron chi connectivity index (χ0n) is 14.1. The van der Waals surface area contributed by atoms with E-state index in [1.807, 2.05) is 30.5 Å². The van der Waals surface area contributed by atoms with Gasteiger partial charge in [0.1, 0.15) is 17.4 Å². The van der Waals surface area contributed by atoms with Crippen molar-refractivity contribution in [3.05, 3.63) is 47.0 Å². The molecule has 3 N–H and O–H groups in total. The molecule has 0 amide bonds. The fourth-order valence-corrected chi connectivity index (χ4v) is 3.32. The van der Waals surface area contributed by atoms with Gasteiger partial charge in [0.15, 0.2) is 0 Å². The summed E-state index contributed by atoms with van der Waals surface area (Å²) in [7, 11) is 1.75. The Hall–Kier alpha value is -2.73. The van der Waals surface area contributed by atoms with E-state index in [0.717, 1.165) is 48.3 Å². The summed E-state index contributed by atoms with van der Waals surface area (Å²) in [5.74, 6) is 0.780. The average Bonchev–Trinajstić information content (AvgIpc) is 3.11. The molecule has 3 aromatic rings. The van der Waals surface area contributed by atoms with Crippen molar-refractivity contribution in [2.75, 3.05) is 18.9 Å². The number of pyridine rings is 1. The number of aromatic amines is 1. The van der Waals surface area contributed by atoms with E-state index in [1.165, 1.54) is 0 Å². The molecule has 0 bridgehead atoms. The highest BCUT2D eigenvalue weighted by Crippen LogP contribution is 2.36. The zero-order valence-corrected chi connectivity index (χ0v) is 14.1. The normalized spacial score (nSPS) is 15.6. The van der Waals surface area contributed by atoms with Crippen molar-refractivity contribution >= 4 is 16.6 Å². The van der Waals surface area contributed by atoms with E-state index in [-0.39, 0.29) is 11.7 Å². The van der Waals surface area contributed by atoms with E-state index in [4.69, 9.17) is 15.2 Å². The van der Waals surface area contributed by atoms with E-state index in [1.54, 1.807) is 17.8 Å². The van der Waals surface area contributed by atoms with Gasteiger partial charge in [-0.2, -0.15) is 0 Å². The molecular weight excluding hydrogens is 318 g/mol. The van der Waals surface area contributed by atoms with Gasteiger partial charge in [-0.3, -0.25) is 4.79 Å². The van der Waals surface area contributed by atoms with Gasteiger partial charge >= 0.3 is 0 Å². The Kier molecular flexibility index (Phi) is 3.97. The molecule has 4 rings (SSSR count). The number of anilines is 1. The average molecular weight is 339 g/mol. The van der Waals surface area contributed by atoms with Gasteiger partial charge in [0.05, 0.1) is 13.2 Å². The molecule has 6 heteroatoms. The highest BCUT2D eigenvalue weighted by Gasteiger charge is 2.19. The largest absolute Gasteiger partial charge is 0.490 e. The third-order valence-electron chi connectivity index (χ3n) is 4.65. The molecule has 0 unspecified atom stereocenters. The Balaban J connectivity index is 1.85. The van der Waals surface area contributed by atoms with Crippen LogP contribution in [0.1, 0.15) is 12.8 Å². The Bertz CT molecular complexity index is 968. The Morgan fingerprint density at radius 1 is 1.24 bits per heavy atom. The Morgan fingerprint density at radius 2 is 2.04 bits per heavy atom. The molecule has 1 fully saturated rings. The van der Waals surface area contributed by atoms with E-state index >= 15 is 0 Å². The maximum atomic E-state index is 12.3. The first-order chi connectivity index (χ1) is 12.1. The number of fused-ring (bicyclic) bond motifs is 1. The fourth-order valence-electron chi connectivity index (χ4n) is 3.32. The minimum absolute atomic E-state index is 0.0560. The van der Waals surface area contributed by atoms with E-state index < -0.39 is 0 Å². The molecule has 3 heterocycles. The van der Waals surface area contributed by atoms with E-state index in [9.17, 15) is 4.79 Å². The monoisotopic (exact) mass is 339 g/mol. The number of aryl methyl sites for hydroxylation is 1. The number of benzene rings is 1. The van der Waals surface area contributed by atoms with Crippen LogP contribution in [0.25, 0.3) is 22.0 Å². The second kappa shape index (κ2) is 6.29. The molecule has 0 saturated carbocycles. The molecule has 6 nitrogen and oxygen atoms in total. The van der Waals surface area contributed by atoms with Crippen LogP contribution in [0.15, 0.2) is 41.5 Å². The summed E-state index contributed by atoms with van der Waals surface area (Å²) in [6.07, 6.45) is 5.49. The predicted molar refractivity (Wildman–Crippen MR) is 97.9 cm³/mol. The summed E-state index contributed by atoms with van der Waals surface area (Å²) >= 11 is 0. The highest BCUT2D eigenvalue weighted by atomic mass is 16.5. The van der Waals surface area contributed by atoms with Crippen molar-refractivity contribution in [3.63, 3.8) is 0 Å². The van der Waals surface area contributed by atoms with Gasteiger partial charge in [-0.15, -0.1) is 0 Å². The summed E-state index contributed by atoms with van der Waals surface area (Å²) in [5.41, 5.74) is 9.04. The lowest BCUT2D eigenvalue weighted by atomic mass is 10.0. The molecule has 1 aliphatic heterocycles. The van der Waals surface area contributed by atoms with Gasteiger partial charge in [0.25, 0.3) is 5.56 Å². The standard InChI is InChI=1S/C19H21N3O3/c1-22-11-16(14-4-7-21-18(14)19(22)23)15-10-12(20)2-3-17(15)25-13-5-8-24-9-6-13/h2-4,7,10-11,13,21H,5-6,8-9,20H2,1H3. The second-order valence-electron chi connectivity index (χ2n) is 6.41. The lowest BCUT2D eigenvalue weighted by molar-refractivity contribution is 0.0258. The van der Waals surface area contributed by atoms with Crippen LogP contribution in [0.2, 0.25) is 0 Å². The van der Waals surface area contributed by atoms with Gasteiger partial charge in [0, 0.05) is 54.5 Å². The summed E-state index contributed by atoms with van der Waals surface area (Å²) < 4.78 is 13.2. The number of nitrogens with zero attached hydrogens (tertiary/aromatic N) is 1. The number of nitrogens with one attached hydrogen (secondary N) is 1. The number of ether oxygens (including phenoxy) is 2. The summed E-state index contributed by atoms with van der Waals surface area (Å²) in [6, 6.07) is 7.56. The first kappa shape index (κ1) is 15.8. The molecule has 0 spiro atoms. The van der Waals surface area contributed by atoms with Gasteiger partial charge in [-0.1, -0.05) is 0 Å². The van der Waals surface area contributed by atoms with Crippen LogP contribution in [-0.2, 0) is 11.8 Å². The number of nitrogens with two attached hydrogens (primary N) is 1. The van der Waals surface area contributed by atoms with Crippen molar-refractivity contribution < 1.29 is 9.47 Å². The van der Waals surface area contributed by atoms with Gasteiger partial charge in [-0.05, 0) is 24.3 Å². The number of nitrogen functional groups attached to an aromatic ring is 1. The highest BCUT2D eigenvalue weighted by molar-refractivity contribution is 5.96. The third kappa shape index (κ3) is 2.89. The van der Waals surface area contributed by atoms with Crippen LogP contribution >= 0.6 is 0 Å². The summed E-state index contributed by atoms with van der Waals surface area (Å²) in [6.45, 7) is 1.44. The SMILES string of the molecule is Cn1cc(-c2cc(N)ccc2OC2CCOCC2)c2cc[nH]c2c1=O. The van der Waals surface area contributed by atoms with Crippen LogP contribution in [-0.4, -0.2) is 28.9 Å². The smallest absolute Gasteiger partial charge is 0.274 e. The first-order valence-electron chi connectivity index (χ1n) is 8.44. The van der Waals surface area contributed by atoms with E-state index in [0.29, 0.717) is 11.2 Å². The summed E-state index contributed by atoms with van der Waals surface area (Å²) in [4.78, 5) is 15.3. The maximum Gasteiger partial charge on any atom is 0.274 e. The molecule has 1 aliphatic rings. The van der Waals surface area contributed by atoms with Crippen LogP contribution in [0.3, 0.4) is 0 Å². The van der Waals surface area contributed by atoms with Crippen LogP contribution in [0.5, 0.6) is 5.75 Å². The van der Waals surface area contributed by atoms with Crippen LogP contribution < -0.4 is 16.0 Å². The van der Waals surface area contributed by atoms with E-state index in [2.05, 4.69) is 4.98 Å². The molecule has 25 heavy (non-hydrogen) atoms. The Labute approximate surface area is 145 Å². The number of hydrogen-bond donors (Lipinski definition) is 2. The predicted octanol–water partition coefficient (Wildman–Crippen LogP) is 2.67. The lowest BCUT2D eigenvalue weighted by Gasteiger charge is -2.25. The Morgan fingerprint density at radius 3 is 2.84 bits per heavy atom. The van der Waals surface area contributed by atoms with Crippen molar-refractivity contribution in [1.29, 1.82) is 0 Å². The molecule has 2 aromatic heterocycles. The minimum atomic E-state index is -0.0560. The molecule has 130 valence electrons. The molecule has 0 aliphatic carbocycles. The van der Waals surface area contributed by atoms with Crippen molar-refractivity contribution in [3.8, 4) is 16.9 Å².